The molecule has 14 heavy (non-hydrogen) atoms. The van der Waals surface area contributed by atoms with Crippen molar-refractivity contribution >= 4 is 5.82 Å². The summed E-state index contributed by atoms with van der Waals surface area (Å²) >= 11 is 0. The predicted octanol–water partition coefficient (Wildman–Crippen LogP) is 1.02. The second kappa shape index (κ2) is 4.41. The lowest BCUT2D eigenvalue weighted by Gasteiger charge is -2.13. The molecule has 0 saturated heterocycles. The van der Waals surface area contributed by atoms with Gasteiger partial charge >= 0.3 is 0 Å². The zero-order valence-corrected chi connectivity index (χ0v) is 9.19. The molecule has 1 aromatic rings. The van der Waals surface area contributed by atoms with Gasteiger partial charge in [0.2, 0.25) is 0 Å². The molecule has 5 nitrogen and oxygen atoms in total. The highest BCUT2D eigenvalue weighted by molar-refractivity contribution is 5.35. The molecule has 1 rings (SSSR count). The fraction of sp³-hybridized carbons (Fsp3) is 0.778. The Hall–Kier alpha value is -1.10. The summed E-state index contributed by atoms with van der Waals surface area (Å²) in [4.78, 5) is 0. The normalized spacial score (nSPS) is 13.5. The lowest BCUT2D eigenvalue weighted by molar-refractivity contribution is 0.0982. The molecule has 80 valence electrons. The van der Waals surface area contributed by atoms with Crippen LogP contribution in [0.3, 0.4) is 0 Å². The largest absolute Gasteiger partial charge is 0.381 e. The van der Waals surface area contributed by atoms with E-state index in [-0.39, 0.29) is 6.10 Å². The number of methoxy groups -OCH3 is 1. The summed E-state index contributed by atoms with van der Waals surface area (Å²) in [6, 6.07) is 0. The second-order valence-corrected chi connectivity index (χ2v) is 3.74. The maximum absolute atomic E-state index is 5.72. The number of rotatable bonds is 4. The zero-order chi connectivity index (χ0) is 10.7. The number of ether oxygens (including phenoxy) is 1. The van der Waals surface area contributed by atoms with Crippen LogP contribution in [-0.4, -0.2) is 28.2 Å². The zero-order valence-electron chi connectivity index (χ0n) is 9.19. The molecule has 0 amide bonds. The number of hydrogen-bond donors (Lipinski definition) is 1. The van der Waals surface area contributed by atoms with E-state index in [0.29, 0.717) is 18.3 Å². The molecular weight excluding hydrogens is 180 g/mol. The van der Waals surface area contributed by atoms with Crippen molar-refractivity contribution in [2.75, 3.05) is 12.8 Å². The first-order chi connectivity index (χ1) is 6.56. The summed E-state index contributed by atoms with van der Waals surface area (Å²) in [6.07, 6.45) is 0.119. The Labute approximate surface area is 84.2 Å². The summed E-state index contributed by atoms with van der Waals surface area (Å²) in [6.45, 7) is 6.82. The minimum absolute atomic E-state index is 0.119. The molecule has 1 heterocycles. The molecule has 0 spiro atoms. The maximum Gasteiger partial charge on any atom is 0.169 e. The van der Waals surface area contributed by atoms with Crippen LogP contribution < -0.4 is 5.73 Å². The third kappa shape index (κ3) is 2.23. The van der Waals surface area contributed by atoms with Gasteiger partial charge in [-0.25, -0.2) is 4.68 Å². The van der Waals surface area contributed by atoms with Crippen LogP contribution >= 0.6 is 0 Å². The lowest BCUT2D eigenvalue weighted by atomic mass is 10.1. The molecular formula is C9H18N4O. The monoisotopic (exact) mass is 198 g/mol. The van der Waals surface area contributed by atoms with Crippen molar-refractivity contribution in [2.45, 2.75) is 39.3 Å². The van der Waals surface area contributed by atoms with Crippen molar-refractivity contribution in [1.82, 2.24) is 15.0 Å². The van der Waals surface area contributed by atoms with Crippen LogP contribution in [0, 0.1) is 0 Å². The Morgan fingerprint density at radius 3 is 2.57 bits per heavy atom. The highest BCUT2D eigenvalue weighted by atomic mass is 16.5. The lowest BCUT2D eigenvalue weighted by Crippen LogP contribution is -2.18. The van der Waals surface area contributed by atoms with Gasteiger partial charge in [0.1, 0.15) is 0 Å². The van der Waals surface area contributed by atoms with E-state index in [9.17, 15) is 0 Å². The summed E-state index contributed by atoms with van der Waals surface area (Å²) in [5, 5.41) is 7.85. The van der Waals surface area contributed by atoms with Gasteiger partial charge in [0.25, 0.3) is 0 Å². The van der Waals surface area contributed by atoms with Crippen molar-refractivity contribution in [3.63, 3.8) is 0 Å². The van der Waals surface area contributed by atoms with Crippen LogP contribution in [0.2, 0.25) is 0 Å². The number of nitrogens with zero attached hydrogens (tertiary/aromatic N) is 3. The van der Waals surface area contributed by atoms with Gasteiger partial charge in [0.15, 0.2) is 5.82 Å². The molecule has 0 radical (unpaired) electrons. The van der Waals surface area contributed by atoms with Gasteiger partial charge in [0, 0.05) is 7.11 Å². The molecule has 2 N–H and O–H groups in total. The number of anilines is 1. The molecule has 1 aromatic heterocycles. The van der Waals surface area contributed by atoms with Gasteiger partial charge in [-0.15, -0.1) is 5.10 Å². The van der Waals surface area contributed by atoms with Crippen LogP contribution in [0.25, 0.3) is 0 Å². The Morgan fingerprint density at radius 1 is 1.43 bits per heavy atom. The fourth-order valence-corrected chi connectivity index (χ4v) is 1.38. The van der Waals surface area contributed by atoms with E-state index in [1.165, 1.54) is 0 Å². The van der Waals surface area contributed by atoms with Crippen LogP contribution in [0.4, 0.5) is 5.82 Å². The smallest absolute Gasteiger partial charge is 0.169 e. The van der Waals surface area contributed by atoms with E-state index in [2.05, 4.69) is 24.2 Å². The van der Waals surface area contributed by atoms with E-state index in [4.69, 9.17) is 10.5 Å². The summed E-state index contributed by atoms with van der Waals surface area (Å²) in [7, 11) is 1.68. The summed E-state index contributed by atoms with van der Waals surface area (Å²) in [5.41, 5.74) is 6.70. The minimum atomic E-state index is 0.119. The molecule has 0 aliphatic heterocycles. The summed E-state index contributed by atoms with van der Waals surface area (Å²) < 4.78 is 6.98. The van der Waals surface area contributed by atoms with Crippen molar-refractivity contribution in [2.24, 2.45) is 0 Å². The first-order valence-corrected chi connectivity index (χ1v) is 4.78. The number of nitrogens with two attached hydrogens (primary N) is 1. The predicted molar refractivity (Wildman–Crippen MR) is 55.0 cm³/mol. The number of nitrogen functional groups attached to an aromatic ring is 1. The second-order valence-electron chi connectivity index (χ2n) is 3.74. The van der Waals surface area contributed by atoms with Crippen LogP contribution in [0.1, 0.15) is 32.4 Å². The van der Waals surface area contributed by atoms with Crippen LogP contribution in [0.15, 0.2) is 0 Å². The first-order valence-electron chi connectivity index (χ1n) is 4.78. The van der Waals surface area contributed by atoms with Crippen molar-refractivity contribution in [3.05, 3.63) is 5.69 Å². The molecule has 0 aliphatic rings. The van der Waals surface area contributed by atoms with Gasteiger partial charge in [-0.1, -0.05) is 19.1 Å². The van der Waals surface area contributed by atoms with E-state index in [0.717, 1.165) is 5.69 Å². The summed E-state index contributed by atoms with van der Waals surface area (Å²) in [5.74, 6) is 0.845. The fourth-order valence-electron chi connectivity index (χ4n) is 1.38. The topological polar surface area (TPSA) is 66.0 Å². The molecule has 0 fully saturated rings. The maximum atomic E-state index is 5.72. The van der Waals surface area contributed by atoms with Gasteiger partial charge in [-0.05, 0) is 12.8 Å². The highest BCUT2D eigenvalue weighted by Gasteiger charge is 2.15. The molecule has 1 atom stereocenters. The molecule has 5 heteroatoms. The van der Waals surface area contributed by atoms with Gasteiger partial charge in [-0.3, -0.25) is 0 Å². The number of aromatic nitrogens is 3. The SMILES string of the molecule is COC(C)Cn1nnc(N)c1C(C)C. The van der Waals surface area contributed by atoms with Crippen molar-refractivity contribution < 1.29 is 4.74 Å². The Kier molecular flexibility index (Phi) is 3.46. The Morgan fingerprint density at radius 2 is 2.07 bits per heavy atom. The van der Waals surface area contributed by atoms with E-state index < -0.39 is 0 Å². The van der Waals surface area contributed by atoms with Crippen molar-refractivity contribution in [3.8, 4) is 0 Å². The van der Waals surface area contributed by atoms with Gasteiger partial charge in [0.05, 0.1) is 18.3 Å². The van der Waals surface area contributed by atoms with E-state index in [1.54, 1.807) is 7.11 Å². The molecule has 0 aliphatic carbocycles. The third-order valence-electron chi connectivity index (χ3n) is 2.18. The first kappa shape index (κ1) is 11.0. The van der Waals surface area contributed by atoms with E-state index >= 15 is 0 Å². The van der Waals surface area contributed by atoms with Crippen LogP contribution in [-0.2, 0) is 11.3 Å². The van der Waals surface area contributed by atoms with Crippen LogP contribution in [0.5, 0.6) is 0 Å². The molecule has 0 saturated carbocycles. The van der Waals surface area contributed by atoms with Gasteiger partial charge in [-0.2, -0.15) is 0 Å². The molecule has 0 bridgehead atoms. The number of hydrogen-bond acceptors (Lipinski definition) is 4. The van der Waals surface area contributed by atoms with Gasteiger partial charge < -0.3 is 10.5 Å². The molecule has 0 aromatic carbocycles. The van der Waals surface area contributed by atoms with Crippen molar-refractivity contribution in [1.29, 1.82) is 0 Å². The average Bonchev–Trinajstić information content (AvgIpc) is 2.46. The molecule has 1 unspecified atom stereocenters. The average molecular weight is 198 g/mol. The standard InChI is InChI=1S/C9H18N4O/c1-6(2)8-9(10)11-12-13(8)5-7(3)14-4/h6-7H,5,10H2,1-4H3. The Balaban J connectivity index is 2.86. The quantitative estimate of drug-likeness (QED) is 0.784. The highest BCUT2D eigenvalue weighted by Crippen LogP contribution is 2.19. The minimum Gasteiger partial charge on any atom is -0.381 e. The third-order valence-corrected chi connectivity index (χ3v) is 2.18. The van der Waals surface area contributed by atoms with E-state index in [1.807, 2.05) is 11.6 Å². The Bertz CT molecular complexity index is 295.